The van der Waals surface area contributed by atoms with Crippen molar-refractivity contribution in [2.24, 2.45) is 0 Å². The van der Waals surface area contributed by atoms with Gasteiger partial charge in [0.1, 0.15) is 0 Å². The fourth-order valence-corrected chi connectivity index (χ4v) is 3.80. The van der Waals surface area contributed by atoms with Crippen LogP contribution in [0.1, 0.15) is 35.4 Å². The number of hydrogen-bond acceptors (Lipinski definition) is 2. The number of rotatable bonds is 1. The van der Waals surface area contributed by atoms with Crippen LogP contribution >= 0.6 is 0 Å². The largest absolute Gasteiger partial charge is 0.322 e. The lowest BCUT2D eigenvalue weighted by atomic mass is 9.86. The molecule has 2 aliphatic carbocycles. The van der Waals surface area contributed by atoms with E-state index in [1.54, 1.807) is 0 Å². The van der Waals surface area contributed by atoms with Gasteiger partial charge >= 0.3 is 6.03 Å². The van der Waals surface area contributed by atoms with Crippen molar-refractivity contribution in [2.75, 3.05) is 0 Å². The van der Waals surface area contributed by atoms with Gasteiger partial charge in [0.15, 0.2) is 5.54 Å². The molecule has 4 heteroatoms. The lowest BCUT2D eigenvalue weighted by molar-refractivity contribution is -0.122. The first kappa shape index (κ1) is 12.0. The second kappa shape index (κ2) is 3.77. The fraction of sp³-hybridized carbons (Fsp3) is 0.222. The molecule has 5 rings (SSSR count). The lowest BCUT2D eigenvalue weighted by Gasteiger charge is -2.23. The third kappa shape index (κ3) is 1.32. The molecule has 0 bridgehead atoms. The van der Waals surface area contributed by atoms with Gasteiger partial charge in [0.2, 0.25) is 0 Å². The normalized spacial score (nSPS) is 24.9. The average Bonchev–Trinajstić information content (AvgIpc) is 3.28. The molecule has 3 aliphatic rings. The minimum atomic E-state index is -1.06. The van der Waals surface area contributed by atoms with Crippen LogP contribution in [0.5, 0.6) is 0 Å². The van der Waals surface area contributed by atoms with Crippen molar-refractivity contribution in [1.82, 2.24) is 10.6 Å². The van der Waals surface area contributed by atoms with E-state index in [9.17, 15) is 9.59 Å². The van der Waals surface area contributed by atoms with E-state index in [-0.39, 0.29) is 5.91 Å². The van der Waals surface area contributed by atoms with Crippen LogP contribution in [0.25, 0.3) is 11.1 Å². The number of hydrogen-bond donors (Lipinski definition) is 2. The average molecular weight is 290 g/mol. The van der Waals surface area contributed by atoms with Gasteiger partial charge in [-0.2, -0.15) is 0 Å². The molecule has 22 heavy (non-hydrogen) atoms. The summed E-state index contributed by atoms with van der Waals surface area (Å²) in [5, 5.41) is 5.29. The SMILES string of the molecule is O=C1NC(=O)[C@]2(N1)c1ccccc1-c1ccc(C3CC3)cc12. The van der Waals surface area contributed by atoms with Gasteiger partial charge in [-0.1, -0.05) is 42.5 Å². The minimum absolute atomic E-state index is 0.281. The van der Waals surface area contributed by atoms with Crippen LogP contribution < -0.4 is 10.6 Å². The third-order valence-corrected chi connectivity index (χ3v) is 4.99. The number of carbonyl (C=O) groups excluding carboxylic acids is 2. The molecule has 0 aromatic heterocycles. The maximum atomic E-state index is 12.6. The van der Waals surface area contributed by atoms with Crippen LogP contribution in [-0.2, 0) is 10.3 Å². The second-order valence-corrected chi connectivity index (χ2v) is 6.28. The van der Waals surface area contributed by atoms with Gasteiger partial charge in [0.05, 0.1) is 0 Å². The number of fused-ring (bicyclic) bond motifs is 5. The van der Waals surface area contributed by atoms with Gasteiger partial charge in [-0.25, -0.2) is 4.79 Å². The zero-order chi connectivity index (χ0) is 14.9. The van der Waals surface area contributed by atoms with Crippen molar-refractivity contribution in [1.29, 1.82) is 0 Å². The number of imide groups is 1. The highest BCUT2D eigenvalue weighted by molar-refractivity contribution is 6.13. The molecule has 2 aromatic carbocycles. The molecule has 4 nitrogen and oxygen atoms in total. The zero-order valence-electron chi connectivity index (χ0n) is 11.8. The number of benzene rings is 2. The summed E-state index contributed by atoms with van der Waals surface area (Å²) in [5.41, 5.74) is 4.03. The Morgan fingerprint density at radius 3 is 2.45 bits per heavy atom. The van der Waals surface area contributed by atoms with E-state index in [4.69, 9.17) is 0 Å². The van der Waals surface area contributed by atoms with Crippen molar-refractivity contribution in [3.05, 3.63) is 59.2 Å². The summed E-state index contributed by atoms with van der Waals surface area (Å²) in [4.78, 5) is 24.5. The van der Waals surface area contributed by atoms with E-state index in [2.05, 4.69) is 28.8 Å². The number of carbonyl (C=O) groups is 2. The monoisotopic (exact) mass is 290 g/mol. The molecule has 1 atom stereocenters. The van der Waals surface area contributed by atoms with E-state index in [1.165, 1.54) is 18.4 Å². The molecule has 2 N–H and O–H groups in total. The summed E-state index contributed by atoms with van der Waals surface area (Å²) < 4.78 is 0. The van der Waals surface area contributed by atoms with Gasteiger partial charge in [0.25, 0.3) is 5.91 Å². The summed E-state index contributed by atoms with van der Waals surface area (Å²) in [5.74, 6) is 0.322. The predicted molar refractivity (Wildman–Crippen MR) is 81.3 cm³/mol. The van der Waals surface area contributed by atoms with Gasteiger partial charge < -0.3 is 5.32 Å². The Hall–Kier alpha value is -2.62. The maximum Gasteiger partial charge on any atom is 0.322 e. The smallest absolute Gasteiger partial charge is 0.316 e. The Morgan fingerprint density at radius 2 is 1.73 bits per heavy atom. The van der Waals surface area contributed by atoms with Crippen LogP contribution in [0.4, 0.5) is 4.79 Å². The van der Waals surface area contributed by atoms with Crippen LogP contribution in [0.15, 0.2) is 42.5 Å². The Morgan fingerprint density at radius 1 is 0.955 bits per heavy atom. The van der Waals surface area contributed by atoms with Gasteiger partial charge in [-0.15, -0.1) is 0 Å². The van der Waals surface area contributed by atoms with Crippen molar-refractivity contribution < 1.29 is 9.59 Å². The molecule has 0 radical (unpaired) electrons. The highest BCUT2D eigenvalue weighted by Gasteiger charge is 2.54. The quantitative estimate of drug-likeness (QED) is 0.793. The predicted octanol–water partition coefficient (Wildman–Crippen LogP) is 2.63. The van der Waals surface area contributed by atoms with E-state index in [0.29, 0.717) is 5.92 Å². The molecule has 1 spiro atoms. The van der Waals surface area contributed by atoms with Crippen LogP contribution in [-0.4, -0.2) is 11.9 Å². The summed E-state index contributed by atoms with van der Waals surface area (Å²) in [7, 11) is 0. The Kier molecular flexibility index (Phi) is 2.05. The number of urea groups is 1. The molecule has 1 saturated carbocycles. The first-order valence-corrected chi connectivity index (χ1v) is 7.58. The molecular formula is C18H14N2O2. The number of amides is 3. The highest BCUT2D eigenvalue weighted by atomic mass is 16.2. The molecule has 2 fully saturated rings. The summed E-state index contributed by atoms with van der Waals surface area (Å²) >= 11 is 0. The van der Waals surface area contributed by atoms with E-state index in [0.717, 1.165) is 22.3 Å². The Labute approximate surface area is 127 Å². The van der Waals surface area contributed by atoms with E-state index in [1.807, 2.05) is 24.3 Å². The first-order valence-electron chi connectivity index (χ1n) is 7.58. The molecule has 108 valence electrons. The summed E-state index contributed by atoms with van der Waals surface area (Å²) in [6.07, 6.45) is 2.41. The molecule has 2 aromatic rings. The van der Waals surface area contributed by atoms with Crippen molar-refractivity contribution in [3.8, 4) is 11.1 Å². The lowest BCUT2D eigenvalue weighted by Crippen LogP contribution is -2.43. The fourth-order valence-electron chi connectivity index (χ4n) is 3.80. The topological polar surface area (TPSA) is 58.2 Å². The molecule has 1 saturated heterocycles. The second-order valence-electron chi connectivity index (χ2n) is 6.28. The van der Waals surface area contributed by atoms with E-state index < -0.39 is 11.6 Å². The standard InChI is InChI=1S/C18H14N2O2/c21-16-18(20-17(22)19-16)14-4-2-1-3-12(14)13-8-7-11(9-15(13)18)10-5-6-10/h1-4,7-10H,5-6H2,(H2,19,20,21,22)/t18-/m0/s1. The van der Waals surface area contributed by atoms with Gasteiger partial charge in [-0.05, 0) is 46.6 Å². The Balaban J connectivity index is 1.83. The molecule has 1 heterocycles. The highest BCUT2D eigenvalue weighted by Crippen LogP contribution is 2.51. The molecular weight excluding hydrogens is 276 g/mol. The van der Waals surface area contributed by atoms with Gasteiger partial charge in [-0.3, -0.25) is 10.1 Å². The maximum absolute atomic E-state index is 12.6. The summed E-state index contributed by atoms with van der Waals surface area (Å²) in [6.45, 7) is 0. The number of nitrogens with one attached hydrogen (secondary N) is 2. The van der Waals surface area contributed by atoms with Crippen molar-refractivity contribution >= 4 is 11.9 Å². The van der Waals surface area contributed by atoms with Crippen LogP contribution in [0.3, 0.4) is 0 Å². The first-order chi connectivity index (χ1) is 10.7. The molecule has 3 amide bonds. The minimum Gasteiger partial charge on any atom is -0.316 e. The van der Waals surface area contributed by atoms with E-state index >= 15 is 0 Å². The third-order valence-electron chi connectivity index (χ3n) is 4.99. The Bertz CT molecular complexity index is 854. The van der Waals surface area contributed by atoms with Crippen LogP contribution in [0, 0.1) is 0 Å². The molecule has 0 unspecified atom stereocenters. The zero-order valence-corrected chi connectivity index (χ0v) is 11.8. The van der Waals surface area contributed by atoms with Crippen molar-refractivity contribution in [2.45, 2.75) is 24.3 Å². The van der Waals surface area contributed by atoms with Crippen molar-refractivity contribution in [3.63, 3.8) is 0 Å². The summed E-state index contributed by atoms with van der Waals surface area (Å²) in [6, 6.07) is 13.7. The van der Waals surface area contributed by atoms with Gasteiger partial charge in [0, 0.05) is 0 Å². The van der Waals surface area contributed by atoms with Crippen LogP contribution in [0.2, 0.25) is 0 Å². The molecule has 1 aliphatic heterocycles.